The first-order valence-corrected chi connectivity index (χ1v) is 11.0. The van der Waals surface area contributed by atoms with Crippen LogP contribution in [0.4, 0.5) is 4.79 Å². The summed E-state index contributed by atoms with van der Waals surface area (Å²) in [6.45, 7) is 8.01. The van der Waals surface area contributed by atoms with Crippen LogP contribution < -0.4 is 0 Å². The molecule has 2 aliphatic carbocycles. The molecule has 2 amide bonds. The lowest BCUT2D eigenvalue weighted by molar-refractivity contribution is -0.133. The summed E-state index contributed by atoms with van der Waals surface area (Å²) in [5.74, 6) is 0.578. The van der Waals surface area contributed by atoms with Crippen LogP contribution in [-0.2, 0) is 9.53 Å². The molecule has 1 unspecified atom stereocenters. The third kappa shape index (κ3) is 4.85. The zero-order chi connectivity index (χ0) is 21.4. The lowest BCUT2D eigenvalue weighted by atomic mass is 9.94. The summed E-state index contributed by atoms with van der Waals surface area (Å²) in [5.41, 5.74) is -1.22. The maximum Gasteiger partial charge on any atom is 0.411 e. The van der Waals surface area contributed by atoms with Gasteiger partial charge in [0, 0.05) is 12.6 Å². The van der Waals surface area contributed by atoms with Gasteiger partial charge < -0.3 is 14.7 Å². The largest absolute Gasteiger partial charge is 0.444 e. The fourth-order valence-electron chi connectivity index (χ4n) is 5.38. The second kappa shape index (κ2) is 8.14. The Morgan fingerprint density at radius 3 is 2.41 bits per heavy atom. The van der Waals surface area contributed by atoms with Crippen LogP contribution in [0, 0.1) is 23.2 Å². The number of carbonyl (C=O) groups is 2. The number of carbonyl (C=O) groups excluding carboxylic acids is 2. The molecule has 1 saturated heterocycles. The number of rotatable bonds is 4. The number of fused-ring (bicyclic) bond motifs is 1. The Labute approximate surface area is 174 Å². The number of nitriles is 1. The maximum atomic E-state index is 13.0. The van der Waals surface area contributed by atoms with Crippen molar-refractivity contribution in [1.29, 1.82) is 5.26 Å². The first-order valence-electron chi connectivity index (χ1n) is 11.0. The second-order valence-electron chi connectivity index (χ2n) is 10.1. The molecule has 5 atom stereocenters. The molecule has 1 aliphatic heterocycles. The van der Waals surface area contributed by atoms with Gasteiger partial charge in [-0.25, -0.2) is 4.79 Å². The summed E-state index contributed by atoms with van der Waals surface area (Å²) in [5, 5.41) is 19.9. The van der Waals surface area contributed by atoms with E-state index in [0.29, 0.717) is 24.8 Å². The van der Waals surface area contributed by atoms with Crippen LogP contribution in [0.1, 0.15) is 72.6 Å². The highest BCUT2D eigenvalue weighted by atomic mass is 16.6. The number of hydrogen-bond acceptors (Lipinski definition) is 5. The van der Waals surface area contributed by atoms with Gasteiger partial charge >= 0.3 is 6.09 Å². The predicted molar refractivity (Wildman–Crippen MR) is 108 cm³/mol. The minimum absolute atomic E-state index is 0.0464. The van der Waals surface area contributed by atoms with Crippen molar-refractivity contribution in [3.8, 4) is 6.07 Å². The van der Waals surface area contributed by atoms with Crippen molar-refractivity contribution in [2.24, 2.45) is 11.8 Å². The Kier molecular flexibility index (Phi) is 6.14. The third-order valence-corrected chi connectivity index (χ3v) is 6.86. The zero-order valence-electron chi connectivity index (χ0n) is 18.2. The Hall–Kier alpha value is -1.81. The van der Waals surface area contributed by atoms with Crippen molar-refractivity contribution in [2.75, 3.05) is 13.1 Å². The van der Waals surface area contributed by atoms with E-state index >= 15 is 0 Å². The number of ether oxygens (including phenoxy) is 1. The van der Waals surface area contributed by atoms with Gasteiger partial charge in [-0.05, 0) is 77.6 Å². The van der Waals surface area contributed by atoms with Gasteiger partial charge in [0.05, 0.1) is 11.7 Å². The molecular formula is C22H35N3O4. The van der Waals surface area contributed by atoms with Gasteiger partial charge in [0.25, 0.3) is 0 Å². The number of nitrogens with zero attached hydrogens (tertiary/aromatic N) is 3. The van der Waals surface area contributed by atoms with Crippen LogP contribution in [0.3, 0.4) is 0 Å². The average molecular weight is 406 g/mol. The Bertz CT molecular complexity index is 667. The van der Waals surface area contributed by atoms with E-state index in [-0.39, 0.29) is 18.5 Å². The molecular weight excluding hydrogens is 370 g/mol. The smallest absolute Gasteiger partial charge is 0.411 e. The molecule has 3 aliphatic rings. The van der Waals surface area contributed by atoms with E-state index in [2.05, 4.69) is 6.07 Å². The summed E-state index contributed by atoms with van der Waals surface area (Å²) in [7, 11) is 0. The summed E-state index contributed by atoms with van der Waals surface area (Å²) in [4.78, 5) is 29.1. The van der Waals surface area contributed by atoms with Gasteiger partial charge in [-0.3, -0.25) is 9.69 Å². The van der Waals surface area contributed by atoms with Crippen LogP contribution in [0.2, 0.25) is 0 Å². The first kappa shape index (κ1) is 21.9. The fraction of sp³-hybridized carbons (Fsp3) is 0.864. The van der Waals surface area contributed by atoms with E-state index in [1.54, 1.807) is 9.80 Å². The van der Waals surface area contributed by atoms with E-state index < -0.39 is 23.3 Å². The summed E-state index contributed by atoms with van der Waals surface area (Å²) in [6, 6.07) is 1.74. The van der Waals surface area contributed by atoms with Crippen molar-refractivity contribution in [1.82, 2.24) is 9.80 Å². The number of likely N-dealkylation sites (tertiary alicyclic amines) is 1. The van der Waals surface area contributed by atoms with Crippen molar-refractivity contribution < 1.29 is 19.4 Å². The van der Waals surface area contributed by atoms with Crippen molar-refractivity contribution >= 4 is 12.0 Å². The van der Waals surface area contributed by atoms with Crippen molar-refractivity contribution in [2.45, 2.75) is 95.9 Å². The van der Waals surface area contributed by atoms with Gasteiger partial charge in [-0.1, -0.05) is 6.92 Å². The molecule has 0 bridgehead atoms. The van der Waals surface area contributed by atoms with Crippen LogP contribution in [0.5, 0.6) is 0 Å². The molecule has 1 N–H and O–H groups in total. The predicted octanol–water partition coefficient (Wildman–Crippen LogP) is 3.07. The summed E-state index contributed by atoms with van der Waals surface area (Å²) in [6.07, 6.45) is 4.92. The quantitative estimate of drug-likeness (QED) is 0.776. The molecule has 2 saturated carbocycles. The Balaban J connectivity index is 1.72. The van der Waals surface area contributed by atoms with Crippen LogP contribution in [-0.4, -0.2) is 63.3 Å². The highest BCUT2D eigenvalue weighted by Crippen LogP contribution is 2.51. The highest BCUT2D eigenvalue weighted by Gasteiger charge is 2.50. The van der Waals surface area contributed by atoms with Gasteiger partial charge in [0.2, 0.25) is 5.91 Å². The number of aliphatic hydroxyl groups is 1. The monoisotopic (exact) mass is 405 g/mol. The normalized spacial score (nSPS) is 34.0. The summed E-state index contributed by atoms with van der Waals surface area (Å²) < 4.78 is 5.62. The van der Waals surface area contributed by atoms with Gasteiger partial charge in [0.15, 0.2) is 0 Å². The van der Waals surface area contributed by atoms with Crippen molar-refractivity contribution in [3.05, 3.63) is 0 Å². The fourth-order valence-corrected chi connectivity index (χ4v) is 5.38. The van der Waals surface area contributed by atoms with Gasteiger partial charge in [0.1, 0.15) is 18.2 Å². The van der Waals surface area contributed by atoms with Crippen LogP contribution >= 0.6 is 0 Å². The van der Waals surface area contributed by atoms with Gasteiger partial charge in [-0.2, -0.15) is 5.26 Å². The zero-order valence-corrected chi connectivity index (χ0v) is 18.2. The topological polar surface area (TPSA) is 93.9 Å². The SMILES string of the molecule is CC[C@@]1(O)C[C@H]2CC(N(CC(=O)N3CCC[C@H]3C#N)C(=O)OC(C)(C)C)C[C@H]2C1. The molecule has 7 nitrogen and oxygen atoms in total. The Morgan fingerprint density at radius 2 is 1.90 bits per heavy atom. The minimum Gasteiger partial charge on any atom is -0.444 e. The van der Waals surface area contributed by atoms with Crippen LogP contribution in [0.25, 0.3) is 0 Å². The molecule has 0 aromatic rings. The van der Waals surface area contributed by atoms with E-state index in [9.17, 15) is 20.0 Å². The van der Waals surface area contributed by atoms with E-state index in [1.807, 2.05) is 27.7 Å². The molecule has 162 valence electrons. The van der Waals surface area contributed by atoms with E-state index in [0.717, 1.165) is 38.5 Å². The molecule has 29 heavy (non-hydrogen) atoms. The minimum atomic E-state index is -0.641. The highest BCUT2D eigenvalue weighted by molar-refractivity contribution is 5.83. The molecule has 7 heteroatoms. The number of amides is 2. The third-order valence-electron chi connectivity index (χ3n) is 6.86. The Morgan fingerprint density at radius 1 is 1.28 bits per heavy atom. The molecule has 3 fully saturated rings. The van der Waals surface area contributed by atoms with E-state index in [4.69, 9.17) is 4.74 Å². The number of hydrogen-bond donors (Lipinski definition) is 1. The summed E-state index contributed by atoms with van der Waals surface area (Å²) >= 11 is 0. The molecule has 0 spiro atoms. The standard InChI is InChI=1S/C22H35N3O4/c1-5-22(28)11-15-9-18(10-16(15)12-22)25(20(27)29-21(2,3)4)14-19(26)24-8-6-7-17(24)13-23/h15-18,28H,5-12,14H2,1-4H3/t15-,16+,17-,18?,22-/m0/s1. The second-order valence-corrected chi connectivity index (χ2v) is 10.1. The molecule has 0 aromatic heterocycles. The lowest BCUT2D eigenvalue weighted by Gasteiger charge is -2.33. The van der Waals surface area contributed by atoms with Crippen LogP contribution in [0.15, 0.2) is 0 Å². The average Bonchev–Trinajstić information content (AvgIpc) is 3.30. The van der Waals surface area contributed by atoms with E-state index in [1.165, 1.54) is 0 Å². The lowest BCUT2D eigenvalue weighted by Crippen LogP contribution is -2.49. The first-order chi connectivity index (χ1) is 13.5. The molecule has 0 radical (unpaired) electrons. The molecule has 0 aromatic carbocycles. The maximum absolute atomic E-state index is 13.0. The van der Waals surface area contributed by atoms with Gasteiger partial charge in [-0.15, -0.1) is 0 Å². The molecule has 1 heterocycles. The molecule has 3 rings (SSSR count). The van der Waals surface area contributed by atoms with Crippen molar-refractivity contribution in [3.63, 3.8) is 0 Å².